The van der Waals surface area contributed by atoms with Gasteiger partial charge in [-0.05, 0) is 37.3 Å². The van der Waals surface area contributed by atoms with E-state index in [1.807, 2.05) is 97.9 Å². The lowest BCUT2D eigenvalue weighted by Gasteiger charge is -2.11. The Labute approximate surface area is 190 Å². The number of nitrogens with one attached hydrogen (secondary N) is 1. The Balaban J connectivity index is 1.49. The first-order valence-corrected chi connectivity index (χ1v) is 11.0. The summed E-state index contributed by atoms with van der Waals surface area (Å²) in [5.74, 6) is -0.238. The van der Waals surface area contributed by atoms with Gasteiger partial charge in [0.25, 0.3) is 5.91 Å². The zero-order valence-electron chi connectivity index (χ0n) is 17.4. The summed E-state index contributed by atoms with van der Waals surface area (Å²) < 4.78 is 1.72. The van der Waals surface area contributed by atoms with Crippen LogP contribution in [0, 0.1) is 6.92 Å². The van der Waals surface area contributed by atoms with Gasteiger partial charge in [0, 0.05) is 21.0 Å². The van der Waals surface area contributed by atoms with Crippen LogP contribution in [0.5, 0.6) is 0 Å². The fourth-order valence-corrected chi connectivity index (χ4v) is 4.45. The van der Waals surface area contributed by atoms with Gasteiger partial charge in [-0.1, -0.05) is 72.4 Å². The SMILES string of the molecule is Cc1cc(-c2ccccc2)n2ncc(C(=O)Nc3ccccc3Sc3ccccc3)c2n1. The van der Waals surface area contributed by atoms with Gasteiger partial charge in [-0.15, -0.1) is 0 Å². The van der Waals surface area contributed by atoms with Crippen molar-refractivity contribution in [2.75, 3.05) is 5.32 Å². The maximum Gasteiger partial charge on any atom is 0.261 e. The van der Waals surface area contributed by atoms with E-state index in [1.165, 1.54) is 0 Å². The fourth-order valence-electron chi connectivity index (χ4n) is 3.52. The lowest BCUT2D eigenvalue weighted by molar-refractivity contribution is 0.102. The largest absolute Gasteiger partial charge is 0.321 e. The minimum Gasteiger partial charge on any atom is -0.321 e. The van der Waals surface area contributed by atoms with E-state index in [2.05, 4.69) is 15.4 Å². The van der Waals surface area contributed by atoms with Crippen molar-refractivity contribution < 1.29 is 4.79 Å². The Hall–Kier alpha value is -3.90. The van der Waals surface area contributed by atoms with Crippen LogP contribution in [-0.2, 0) is 0 Å². The molecule has 5 rings (SSSR count). The van der Waals surface area contributed by atoms with Crippen LogP contribution >= 0.6 is 11.8 Å². The number of para-hydroxylation sites is 1. The van der Waals surface area contributed by atoms with Crippen molar-refractivity contribution in [1.29, 1.82) is 0 Å². The predicted octanol–water partition coefficient (Wildman–Crippen LogP) is 6.11. The Morgan fingerprint density at radius 2 is 1.59 bits per heavy atom. The number of aryl methyl sites for hydroxylation is 1. The Morgan fingerprint density at radius 3 is 2.38 bits per heavy atom. The quantitative estimate of drug-likeness (QED) is 0.361. The van der Waals surface area contributed by atoms with Gasteiger partial charge in [0.05, 0.1) is 17.6 Å². The topological polar surface area (TPSA) is 59.3 Å². The van der Waals surface area contributed by atoms with Gasteiger partial charge in [-0.25, -0.2) is 9.50 Å². The van der Waals surface area contributed by atoms with Gasteiger partial charge in [0.1, 0.15) is 5.56 Å². The van der Waals surface area contributed by atoms with Crippen molar-refractivity contribution in [2.45, 2.75) is 16.7 Å². The van der Waals surface area contributed by atoms with Gasteiger partial charge < -0.3 is 5.32 Å². The monoisotopic (exact) mass is 436 g/mol. The first kappa shape index (κ1) is 20.0. The van der Waals surface area contributed by atoms with Crippen LogP contribution in [0.1, 0.15) is 16.1 Å². The lowest BCUT2D eigenvalue weighted by atomic mass is 10.1. The second-order valence-electron chi connectivity index (χ2n) is 7.31. The second-order valence-corrected chi connectivity index (χ2v) is 8.42. The van der Waals surface area contributed by atoms with Crippen molar-refractivity contribution in [2.24, 2.45) is 0 Å². The highest BCUT2D eigenvalue weighted by molar-refractivity contribution is 7.99. The van der Waals surface area contributed by atoms with Crippen molar-refractivity contribution in [3.8, 4) is 11.3 Å². The number of carbonyl (C=O) groups excluding carboxylic acids is 1. The predicted molar refractivity (Wildman–Crippen MR) is 128 cm³/mol. The molecular weight excluding hydrogens is 416 g/mol. The molecular formula is C26H20N4OS. The molecule has 0 saturated carbocycles. The highest BCUT2D eigenvalue weighted by atomic mass is 32.2. The summed E-state index contributed by atoms with van der Waals surface area (Å²) in [6, 6.07) is 29.8. The number of hydrogen-bond donors (Lipinski definition) is 1. The van der Waals surface area contributed by atoms with Crippen LogP contribution in [0.15, 0.2) is 107 Å². The summed E-state index contributed by atoms with van der Waals surface area (Å²) in [5, 5.41) is 7.53. The van der Waals surface area contributed by atoms with E-state index in [9.17, 15) is 4.79 Å². The molecule has 2 aromatic heterocycles. The minimum absolute atomic E-state index is 0.238. The molecule has 3 aromatic carbocycles. The molecule has 0 aliphatic rings. The van der Waals surface area contributed by atoms with Gasteiger partial charge in [-0.3, -0.25) is 4.79 Å². The molecule has 5 nitrogen and oxygen atoms in total. The van der Waals surface area contributed by atoms with E-state index in [4.69, 9.17) is 0 Å². The van der Waals surface area contributed by atoms with E-state index in [0.29, 0.717) is 11.2 Å². The Bertz CT molecular complexity index is 1400. The molecule has 0 bridgehead atoms. The molecule has 0 atom stereocenters. The maximum absolute atomic E-state index is 13.2. The molecule has 1 N–H and O–H groups in total. The second kappa shape index (κ2) is 8.69. The first-order valence-electron chi connectivity index (χ1n) is 10.2. The number of anilines is 1. The molecule has 0 saturated heterocycles. The van der Waals surface area contributed by atoms with E-state index >= 15 is 0 Å². The number of fused-ring (bicyclic) bond motifs is 1. The summed E-state index contributed by atoms with van der Waals surface area (Å²) >= 11 is 1.61. The molecule has 0 fully saturated rings. The molecule has 1 amide bonds. The molecule has 6 heteroatoms. The molecule has 2 heterocycles. The summed E-state index contributed by atoms with van der Waals surface area (Å²) in [5.41, 5.74) is 4.46. The average molecular weight is 437 g/mol. The van der Waals surface area contributed by atoms with Gasteiger partial charge in [0.15, 0.2) is 5.65 Å². The van der Waals surface area contributed by atoms with E-state index < -0.39 is 0 Å². The van der Waals surface area contributed by atoms with Crippen LogP contribution in [0.3, 0.4) is 0 Å². The highest BCUT2D eigenvalue weighted by Gasteiger charge is 2.18. The van der Waals surface area contributed by atoms with Crippen molar-refractivity contribution in [3.05, 3.63) is 108 Å². The Morgan fingerprint density at radius 1 is 0.906 bits per heavy atom. The lowest BCUT2D eigenvalue weighted by Crippen LogP contribution is -2.13. The maximum atomic E-state index is 13.2. The van der Waals surface area contributed by atoms with Gasteiger partial charge in [-0.2, -0.15) is 5.10 Å². The third-order valence-corrected chi connectivity index (χ3v) is 6.10. The number of hydrogen-bond acceptors (Lipinski definition) is 4. The number of nitrogens with zero attached hydrogens (tertiary/aromatic N) is 3. The molecule has 156 valence electrons. The van der Waals surface area contributed by atoms with Crippen molar-refractivity contribution in [3.63, 3.8) is 0 Å². The fraction of sp³-hybridized carbons (Fsp3) is 0.0385. The Kier molecular flexibility index (Phi) is 5.44. The number of aromatic nitrogens is 3. The molecule has 0 unspecified atom stereocenters. The van der Waals surface area contributed by atoms with Crippen LogP contribution in [-0.4, -0.2) is 20.5 Å². The molecule has 0 aliphatic heterocycles. The summed E-state index contributed by atoms with van der Waals surface area (Å²) in [7, 11) is 0. The molecule has 32 heavy (non-hydrogen) atoms. The van der Waals surface area contributed by atoms with Crippen molar-refractivity contribution in [1.82, 2.24) is 14.6 Å². The number of carbonyl (C=O) groups is 1. The third-order valence-electron chi connectivity index (χ3n) is 5.02. The zero-order chi connectivity index (χ0) is 21.9. The normalized spacial score (nSPS) is 10.9. The molecule has 0 radical (unpaired) electrons. The highest BCUT2D eigenvalue weighted by Crippen LogP contribution is 2.33. The smallest absolute Gasteiger partial charge is 0.261 e. The van der Waals surface area contributed by atoms with E-state index in [0.717, 1.165) is 32.4 Å². The summed E-state index contributed by atoms with van der Waals surface area (Å²) in [6.45, 7) is 1.92. The van der Waals surface area contributed by atoms with Crippen LogP contribution in [0.4, 0.5) is 5.69 Å². The minimum atomic E-state index is -0.238. The number of rotatable bonds is 5. The van der Waals surface area contributed by atoms with E-state index in [-0.39, 0.29) is 5.91 Å². The summed E-state index contributed by atoms with van der Waals surface area (Å²) in [6.07, 6.45) is 1.58. The molecule has 5 aromatic rings. The summed E-state index contributed by atoms with van der Waals surface area (Å²) in [4.78, 5) is 19.9. The molecule has 0 aliphatic carbocycles. The standard InChI is InChI=1S/C26H20N4OS/c1-18-16-23(19-10-4-2-5-11-19)30-25(28-18)21(17-27-30)26(31)29-22-14-8-9-15-24(22)32-20-12-6-3-7-13-20/h2-17H,1H3,(H,29,31). The van der Waals surface area contributed by atoms with Gasteiger partial charge >= 0.3 is 0 Å². The first-order chi connectivity index (χ1) is 15.7. The number of amides is 1. The van der Waals surface area contributed by atoms with Crippen LogP contribution < -0.4 is 5.32 Å². The van der Waals surface area contributed by atoms with E-state index in [1.54, 1.807) is 22.5 Å². The third kappa shape index (κ3) is 4.00. The number of benzene rings is 3. The molecule has 0 spiro atoms. The van der Waals surface area contributed by atoms with Crippen LogP contribution in [0.25, 0.3) is 16.9 Å². The average Bonchev–Trinajstić information content (AvgIpc) is 3.25. The zero-order valence-corrected chi connectivity index (χ0v) is 18.2. The van der Waals surface area contributed by atoms with Gasteiger partial charge in [0.2, 0.25) is 0 Å². The van der Waals surface area contributed by atoms with Crippen LogP contribution in [0.2, 0.25) is 0 Å². The van der Waals surface area contributed by atoms with Crippen molar-refractivity contribution >= 4 is 29.0 Å².